The van der Waals surface area contributed by atoms with E-state index in [-0.39, 0.29) is 6.29 Å². The number of hydrogen-bond acceptors (Lipinski definition) is 3. The molecule has 1 rings (SSSR count). The van der Waals surface area contributed by atoms with Crippen LogP contribution >= 0.6 is 0 Å². The Morgan fingerprint density at radius 3 is 2.62 bits per heavy atom. The van der Waals surface area contributed by atoms with Gasteiger partial charge >= 0.3 is 0 Å². The summed E-state index contributed by atoms with van der Waals surface area (Å²) in [4.78, 5) is 31.2. The average Bonchev–Trinajstić information content (AvgIpc) is 2.94. The van der Waals surface area contributed by atoms with E-state index >= 15 is 0 Å². The fourth-order valence-electron chi connectivity index (χ4n) is 1.28. The van der Waals surface area contributed by atoms with Crippen molar-refractivity contribution in [1.29, 1.82) is 0 Å². The molecule has 4 heteroatoms. The predicted molar refractivity (Wildman–Crippen MR) is 46.0 cm³/mol. The highest BCUT2D eigenvalue weighted by atomic mass is 16.2. The molecular formula is C9H13NO3. The first kappa shape index (κ1) is 9.89. The van der Waals surface area contributed by atoms with Gasteiger partial charge in [-0.3, -0.25) is 14.4 Å². The number of rotatable bonds is 7. The van der Waals surface area contributed by atoms with Crippen molar-refractivity contribution in [3.05, 3.63) is 0 Å². The van der Waals surface area contributed by atoms with Gasteiger partial charge in [0.25, 0.3) is 0 Å². The topological polar surface area (TPSA) is 63.2 Å². The first-order valence-electron chi connectivity index (χ1n) is 4.46. The second kappa shape index (κ2) is 4.74. The van der Waals surface area contributed by atoms with E-state index in [1.165, 1.54) is 12.8 Å². The minimum Gasteiger partial charge on any atom is -0.348 e. The average molecular weight is 183 g/mol. The molecule has 13 heavy (non-hydrogen) atoms. The van der Waals surface area contributed by atoms with Gasteiger partial charge in [-0.15, -0.1) is 0 Å². The van der Waals surface area contributed by atoms with Crippen molar-refractivity contribution in [2.45, 2.75) is 31.7 Å². The van der Waals surface area contributed by atoms with Gasteiger partial charge in [0.1, 0.15) is 0 Å². The van der Waals surface area contributed by atoms with Crippen LogP contribution in [0, 0.1) is 5.92 Å². The zero-order chi connectivity index (χ0) is 9.68. The number of amides is 1. The van der Waals surface area contributed by atoms with Crippen molar-refractivity contribution in [1.82, 2.24) is 5.32 Å². The summed E-state index contributed by atoms with van der Waals surface area (Å²) in [6.07, 6.45) is 4.67. The van der Waals surface area contributed by atoms with Gasteiger partial charge in [-0.25, -0.2) is 0 Å². The molecule has 0 aromatic rings. The summed E-state index contributed by atoms with van der Waals surface area (Å²) in [5.74, 6) is 0.170. The van der Waals surface area contributed by atoms with Crippen molar-refractivity contribution in [2.24, 2.45) is 5.92 Å². The lowest BCUT2D eigenvalue weighted by Gasteiger charge is -2.10. The van der Waals surface area contributed by atoms with E-state index in [2.05, 4.69) is 5.32 Å². The summed E-state index contributed by atoms with van der Waals surface area (Å²) in [5, 5.41) is 2.36. The molecule has 1 aliphatic rings. The van der Waals surface area contributed by atoms with Gasteiger partial charge in [-0.1, -0.05) is 12.8 Å². The highest BCUT2D eigenvalue weighted by molar-refractivity contribution is 6.27. The van der Waals surface area contributed by atoms with Crippen molar-refractivity contribution in [3.63, 3.8) is 0 Å². The molecule has 1 amide bonds. The smallest absolute Gasteiger partial charge is 0.217 e. The van der Waals surface area contributed by atoms with Crippen molar-refractivity contribution in [3.8, 4) is 0 Å². The number of Topliss-reactive ketones (excluding diaryl/α,β-unsaturated/α-hetero) is 1. The van der Waals surface area contributed by atoms with E-state index in [1.54, 1.807) is 0 Å². The first-order chi connectivity index (χ1) is 6.27. The number of hydrogen-bond donors (Lipinski definition) is 1. The zero-order valence-corrected chi connectivity index (χ0v) is 7.36. The molecule has 0 heterocycles. The normalized spacial score (nSPS) is 17.5. The molecule has 1 saturated carbocycles. The molecule has 0 saturated heterocycles. The largest absolute Gasteiger partial charge is 0.348 e. The molecule has 0 aromatic carbocycles. The van der Waals surface area contributed by atoms with Crippen LogP contribution < -0.4 is 5.32 Å². The SMILES string of the molecule is O=CNC(CCC1CC1)C(=O)C=O. The van der Waals surface area contributed by atoms with Crippen LogP contribution in [0.5, 0.6) is 0 Å². The Kier molecular flexibility index (Phi) is 3.61. The van der Waals surface area contributed by atoms with Crippen molar-refractivity contribution >= 4 is 18.5 Å². The summed E-state index contributed by atoms with van der Waals surface area (Å²) in [7, 11) is 0. The Morgan fingerprint density at radius 1 is 1.46 bits per heavy atom. The molecule has 1 unspecified atom stereocenters. The van der Waals surface area contributed by atoms with Crippen LogP contribution in [0.3, 0.4) is 0 Å². The predicted octanol–water partition coefficient (Wildman–Crippen LogP) is 0.0592. The molecule has 1 aliphatic carbocycles. The van der Waals surface area contributed by atoms with Crippen LogP contribution in [0.1, 0.15) is 25.7 Å². The molecule has 1 atom stereocenters. The Labute approximate surface area is 76.7 Å². The molecule has 0 spiro atoms. The van der Waals surface area contributed by atoms with Crippen LogP contribution in [0.2, 0.25) is 0 Å². The maximum atomic E-state index is 10.9. The third kappa shape index (κ3) is 3.36. The zero-order valence-electron chi connectivity index (χ0n) is 7.36. The van der Waals surface area contributed by atoms with E-state index in [1.807, 2.05) is 0 Å². The maximum absolute atomic E-state index is 10.9. The van der Waals surface area contributed by atoms with Crippen LogP contribution in [0.25, 0.3) is 0 Å². The van der Waals surface area contributed by atoms with Crippen molar-refractivity contribution in [2.75, 3.05) is 0 Å². The number of nitrogens with one attached hydrogen (secondary N) is 1. The molecule has 0 radical (unpaired) electrons. The Bertz CT molecular complexity index is 211. The van der Waals surface area contributed by atoms with Crippen LogP contribution in [0.4, 0.5) is 0 Å². The summed E-state index contributed by atoms with van der Waals surface area (Å²) < 4.78 is 0. The van der Waals surface area contributed by atoms with Gasteiger partial charge in [0, 0.05) is 0 Å². The van der Waals surface area contributed by atoms with Gasteiger partial charge in [0.2, 0.25) is 12.2 Å². The number of aldehydes is 1. The highest BCUT2D eigenvalue weighted by Gasteiger charge is 2.24. The molecule has 4 nitrogen and oxygen atoms in total. The van der Waals surface area contributed by atoms with Crippen LogP contribution in [-0.2, 0) is 14.4 Å². The fourth-order valence-corrected chi connectivity index (χ4v) is 1.28. The van der Waals surface area contributed by atoms with Crippen LogP contribution in [-0.4, -0.2) is 24.5 Å². The lowest BCUT2D eigenvalue weighted by atomic mass is 10.1. The van der Waals surface area contributed by atoms with E-state index in [0.717, 1.165) is 6.42 Å². The minimum atomic E-state index is -0.601. The van der Waals surface area contributed by atoms with Crippen LogP contribution in [0.15, 0.2) is 0 Å². The third-order valence-corrected chi connectivity index (χ3v) is 2.29. The molecule has 0 bridgehead atoms. The molecule has 1 N–H and O–H groups in total. The van der Waals surface area contributed by atoms with E-state index < -0.39 is 11.8 Å². The molecule has 0 aromatic heterocycles. The Morgan fingerprint density at radius 2 is 2.15 bits per heavy atom. The Hall–Kier alpha value is -1.19. The standard InChI is InChI=1S/C9H13NO3/c11-5-9(13)8(10-6-12)4-3-7-1-2-7/h5-8H,1-4H2,(H,10,12). The summed E-state index contributed by atoms with van der Waals surface area (Å²) in [6.45, 7) is 0. The van der Waals surface area contributed by atoms with Gasteiger partial charge < -0.3 is 5.32 Å². The van der Waals surface area contributed by atoms with Gasteiger partial charge in [-0.05, 0) is 18.8 Å². The Balaban J connectivity index is 2.30. The molecular weight excluding hydrogens is 170 g/mol. The molecule has 1 fully saturated rings. The summed E-state index contributed by atoms with van der Waals surface area (Å²) in [6, 6.07) is -0.601. The van der Waals surface area contributed by atoms with E-state index in [9.17, 15) is 14.4 Å². The van der Waals surface area contributed by atoms with Crippen molar-refractivity contribution < 1.29 is 14.4 Å². The van der Waals surface area contributed by atoms with Gasteiger partial charge in [0.15, 0.2) is 6.29 Å². The molecule has 72 valence electrons. The minimum absolute atomic E-state index is 0.272. The lowest BCUT2D eigenvalue weighted by molar-refractivity contribution is -0.132. The summed E-state index contributed by atoms with van der Waals surface area (Å²) >= 11 is 0. The maximum Gasteiger partial charge on any atom is 0.217 e. The number of carbonyl (C=O) groups excluding carboxylic acids is 3. The lowest BCUT2D eigenvalue weighted by Crippen LogP contribution is -2.36. The van der Waals surface area contributed by atoms with Gasteiger partial charge in [0.05, 0.1) is 6.04 Å². The second-order valence-electron chi connectivity index (χ2n) is 3.38. The first-order valence-corrected chi connectivity index (χ1v) is 4.46. The summed E-state index contributed by atoms with van der Waals surface area (Å²) in [5.41, 5.74) is 0. The third-order valence-electron chi connectivity index (χ3n) is 2.29. The van der Waals surface area contributed by atoms with Gasteiger partial charge in [-0.2, -0.15) is 0 Å². The fraction of sp³-hybridized carbons (Fsp3) is 0.667. The second-order valence-corrected chi connectivity index (χ2v) is 3.38. The number of carbonyl (C=O) groups is 3. The monoisotopic (exact) mass is 183 g/mol. The number of ketones is 1. The molecule has 0 aliphatic heterocycles. The quantitative estimate of drug-likeness (QED) is 0.448. The van der Waals surface area contributed by atoms with E-state index in [0.29, 0.717) is 18.7 Å². The van der Waals surface area contributed by atoms with E-state index in [4.69, 9.17) is 0 Å². The highest BCUT2D eigenvalue weighted by Crippen LogP contribution is 2.33.